The number of ether oxygens (including phenoxy) is 1. The number of benzene rings is 1. The van der Waals surface area contributed by atoms with E-state index >= 15 is 0 Å². The van der Waals surface area contributed by atoms with Gasteiger partial charge in [-0.25, -0.2) is 0 Å². The van der Waals surface area contributed by atoms with Gasteiger partial charge in [-0.1, -0.05) is 12.1 Å². The Labute approximate surface area is 232 Å². The number of fused-ring (bicyclic) bond motifs is 1. The third kappa shape index (κ3) is 9.54. The van der Waals surface area contributed by atoms with Crippen molar-refractivity contribution >= 4 is 35.4 Å². The molecule has 6 N–H and O–H groups in total. The lowest BCUT2D eigenvalue weighted by atomic mass is 10.1. The molecule has 0 unspecified atom stereocenters. The minimum atomic E-state index is -1.05. The van der Waals surface area contributed by atoms with Crippen molar-refractivity contribution in [3.8, 4) is 5.75 Å². The first-order valence-electron chi connectivity index (χ1n) is 13.7. The summed E-state index contributed by atoms with van der Waals surface area (Å²) < 4.78 is 5.77. The van der Waals surface area contributed by atoms with E-state index in [4.69, 9.17) is 10.5 Å². The molecule has 2 heterocycles. The standard InChI is InChI=1S/C27H38N6O7/c28-22(34)11-9-19-26(38)30-14-5-17-40-21-7-2-1-6-18(21)25(37)32-20(10-12-23(35)31-19)27(39)29-13-4-16-33-15-3-8-24(33)36/h1-2,6-7,19-20H,3-5,8-17H2,(H2,28,34)(H,29,39)(H,30,38)(H,31,35)(H,32,37)/t19-,20-/m0/s1. The zero-order valence-electron chi connectivity index (χ0n) is 22.5. The average molecular weight is 559 g/mol. The van der Waals surface area contributed by atoms with Crippen molar-refractivity contribution < 1.29 is 33.5 Å². The van der Waals surface area contributed by atoms with Crippen LogP contribution in [0.1, 0.15) is 61.7 Å². The third-order valence-electron chi connectivity index (χ3n) is 6.70. The molecule has 1 fully saturated rings. The zero-order valence-corrected chi connectivity index (χ0v) is 22.5. The van der Waals surface area contributed by atoms with E-state index < -0.39 is 41.6 Å². The van der Waals surface area contributed by atoms with Crippen molar-refractivity contribution in [2.75, 3.05) is 32.8 Å². The molecule has 2 atom stereocenters. The molecule has 0 saturated carbocycles. The van der Waals surface area contributed by atoms with Crippen LogP contribution < -0.4 is 31.7 Å². The number of rotatable bonds is 8. The summed E-state index contributed by atoms with van der Waals surface area (Å²) in [6, 6.07) is 4.58. The summed E-state index contributed by atoms with van der Waals surface area (Å²) >= 11 is 0. The van der Waals surface area contributed by atoms with E-state index in [1.54, 1.807) is 29.2 Å². The van der Waals surface area contributed by atoms with Crippen molar-refractivity contribution in [2.24, 2.45) is 5.73 Å². The first-order chi connectivity index (χ1) is 19.2. The molecule has 40 heavy (non-hydrogen) atoms. The summed E-state index contributed by atoms with van der Waals surface area (Å²) in [5.41, 5.74) is 5.46. The van der Waals surface area contributed by atoms with Gasteiger partial charge in [-0.2, -0.15) is 0 Å². The Balaban J connectivity index is 1.70. The zero-order chi connectivity index (χ0) is 28.9. The Morgan fingerprint density at radius 3 is 2.62 bits per heavy atom. The van der Waals surface area contributed by atoms with Gasteiger partial charge in [0.15, 0.2) is 0 Å². The molecule has 13 nitrogen and oxygen atoms in total. The molecule has 1 saturated heterocycles. The molecule has 0 aromatic heterocycles. The van der Waals surface area contributed by atoms with Crippen LogP contribution in [-0.4, -0.2) is 85.2 Å². The van der Waals surface area contributed by atoms with Crippen LogP contribution in [-0.2, 0) is 24.0 Å². The molecule has 1 aromatic carbocycles. The number of para-hydroxylation sites is 1. The summed E-state index contributed by atoms with van der Waals surface area (Å²) in [5.74, 6) is -2.15. The van der Waals surface area contributed by atoms with Crippen LogP contribution in [0, 0.1) is 0 Å². The fraction of sp³-hybridized carbons (Fsp3) is 0.556. The van der Waals surface area contributed by atoms with Gasteiger partial charge >= 0.3 is 0 Å². The topological polar surface area (TPSA) is 189 Å². The van der Waals surface area contributed by atoms with Crippen molar-refractivity contribution in [1.29, 1.82) is 0 Å². The molecular weight excluding hydrogens is 520 g/mol. The lowest BCUT2D eigenvalue weighted by Gasteiger charge is -2.22. The number of hydrogen-bond acceptors (Lipinski definition) is 7. The fourth-order valence-corrected chi connectivity index (χ4v) is 4.52. The van der Waals surface area contributed by atoms with Gasteiger partial charge in [-0.05, 0) is 44.2 Å². The predicted octanol–water partition coefficient (Wildman–Crippen LogP) is -0.657. The van der Waals surface area contributed by atoms with Crippen molar-refractivity contribution in [3.63, 3.8) is 0 Å². The highest BCUT2D eigenvalue weighted by molar-refractivity contribution is 5.99. The van der Waals surface area contributed by atoms with Crippen LogP contribution in [0.15, 0.2) is 24.3 Å². The highest BCUT2D eigenvalue weighted by Crippen LogP contribution is 2.19. The van der Waals surface area contributed by atoms with Gasteiger partial charge in [-0.3, -0.25) is 28.8 Å². The number of likely N-dealkylation sites (tertiary alicyclic amines) is 1. The van der Waals surface area contributed by atoms with Crippen LogP contribution in [0.25, 0.3) is 0 Å². The molecule has 3 rings (SSSR count). The lowest BCUT2D eigenvalue weighted by molar-refractivity contribution is -0.130. The Bertz CT molecular complexity index is 1090. The number of nitrogens with two attached hydrogens (primary N) is 1. The molecule has 6 amide bonds. The van der Waals surface area contributed by atoms with Crippen molar-refractivity contribution in [3.05, 3.63) is 29.8 Å². The van der Waals surface area contributed by atoms with Gasteiger partial charge in [0.05, 0.1) is 12.2 Å². The molecule has 13 heteroatoms. The molecule has 2 aliphatic heterocycles. The van der Waals surface area contributed by atoms with Gasteiger partial charge in [0, 0.05) is 45.4 Å². The van der Waals surface area contributed by atoms with E-state index in [1.807, 2.05) is 0 Å². The highest BCUT2D eigenvalue weighted by Gasteiger charge is 2.26. The summed E-state index contributed by atoms with van der Waals surface area (Å²) in [5, 5.41) is 10.8. The molecule has 218 valence electrons. The summed E-state index contributed by atoms with van der Waals surface area (Å²) in [7, 11) is 0. The number of carbonyl (C=O) groups excluding carboxylic acids is 6. The summed E-state index contributed by atoms with van der Waals surface area (Å²) in [6.45, 7) is 1.98. The number of primary amides is 1. The monoisotopic (exact) mass is 558 g/mol. The highest BCUT2D eigenvalue weighted by atomic mass is 16.5. The van der Waals surface area contributed by atoms with Gasteiger partial charge in [0.25, 0.3) is 5.91 Å². The average Bonchev–Trinajstić information content (AvgIpc) is 3.34. The van der Waals surface area contributed by atoms with Crippen LogP contribution >= 0.6 is 0 Å². The van der Waals surface area contributed by atoms with Gasteiger partial charge in [0.1, 0.15) is 17.8 Å². The Hall–Kier alpha value is -4.16. The van der Waals surface area contributed by atoms with E-state index in [2.05, 4.69) is 21.3 Å². The fourth-order valence-electron chi connectivity index (χ4n) is 4.52. The smallest absolute Gasteiger partial charge is 0.255 e. The molecule has 2 aliphatic rings. The SMILES string of the molecule is NC(=O)CC[C@@H]1NC(=O)CC[C@@H](C(=O)NCCCN2CCCC2=O)NC(=O)c2ccccc2OCCCNC1=O. The largest absolute Gasteiger partial charge is 0.493 e. The number of nitrogens with zero attached hydrogens (tertiary/aromatic N) is 1. The molecule has 0 spiro atoms. The Morgan fingerprint density at radius 1 is 1.07 bits per heavy atom. The minimum Gasteiger partial charge on any atom is -0.493 e. The van der Waals surface area contributed by atoms with Gasteiger partial charge < -0.3 is 36.6 Å². The van der Waals surface area contributed by atoms with Crippen LogP contribution in [0.4, 0.5) is 0 Å². The molecule has 1 aromatic rings. The number of carbonyl (C=O) groups is 6. The van der Waals surface area contributed by atoms with Gasteiger partial charge in [0.2, 0.25) is 29.5 Å². The van der Waals surface area contributed by atoms with Crippen LogP contribution in [0.2, 0.25) is 0 Å². The predicted molar refractivity (Wildman–Crippen MR) is 144 cm³/mol. The number of amides is 6. The van der Waals surface area contributed by atoms with E-state index in [0.717, 1.165) is 6.42 Å². The van der Waals surface area contributed by atoms with E-state index in [-0.39, 0.29) is 56.9 Å². The maximum atomic E-state index is 13.2. The molecular formula is C27H38N6O7. The Kier molecular flexibility index (Phi) is 11.7. The normalized spacial score (nSPS) is 20.9. The molecule has 0 aliphatic carbocycles. The minimum absolute atomic E-state index is 0.0248. The van der Waals surface area contributed by atoms with E-state index in [1.165, 1.54) is 0 Å². The summed E-state index contributed by atoms with van der Waals surface area (Å²) in [4.78, 5) is 76.5. The summed E-state index contributed by atoms with van der Waals surface area (Å²) in [6.07, 6.45) is 2.06. The third-order valence-corrected chi connectivity index (χ3v) is 6.70. The van der Waals surface area contributed by atoms with E-state index in [9.17, 15) is 28.8 Å². The lowest BCUT2D eigenvalue weighted by Crippen LogP contribution is -2.49. The van der Waals surface area contributed by atoms with Crippen molar-refractivity contribution in [1.82, 2.24) is 26.2 Å². The molecule has 0 bridgehead atoms. The van der Waals surface area contributed by atoms with Crippen LogP contribution in [0.5, 0.6) is 5.75 Å². The second kappa shape index (κ2) is 15.4. The van der Waals surface area contributed by atoms with Crippen molar-refractivity contribution in [2.45, 2.75) is 63.5 Å². The van der Waals surface area contributed by atoms with Crippen LogP contribution in [0.3, 0.4) is 0 Å². The maximum Gasteiger partial charge on any atom is 0.255 e. The quantitative estimate of drug-likeness (QED) is 0.262. The number of hydrogen-bond donors (Lipinski definition) is 5. The Morgan fingerprint density at radius 2 is 1.88 bits per heavy atom. The first kappa shape index (κ1) is 30.4. The molecule has 0 radical (unpaired) electrons. The first-order valence-corrected chi connectivity index (χ1v) is 13.7. The second-order valence-electron chi connectivity index (χ2n) is 9.81. The van der Waals surface area contributed by atoms with E-state index in [0.29, 0.717) is 38.1 Å². The van der Waals surface area contributed by atoms with Gasteiger partial charge in [-0.15, -0.1) is 0 Å². The number of nitrogens with one attached hydrogen (secondary N) is 4. The maximum absolute atomic E-state index is 13.2. The second-order valence-corrected chi connectivity index (χ2v) is 9.81.